The van der Waals surface area contributed by atoms with Gasteiger partial charge in [0, 0.05) is 5.88 Å². The van der Waals surface area contributed by atoms with Crippen LogP contribution in [0.1, 0.15) is 0 Å². The molecule has 0 fully saturated rings. The van der Waals surface area contributed by atoms with Gasteiger partial charge in [0.2, 0.25) is 7.55 Å². The lowest BCUT2D eigenvalue weighted by Crippen LogP contribution is -2.65. The van der Waals surface area contributed by atoms with Crippen LogP contribution < -0.4 is 9.30 Å². The van der Waals surface area contributed by atoms with E-state index in [-0.39, 0.29) is 9.68 Å². The van der Waals surface area contributed by atoms with Crippen LogP contribution in [0.5, 0.6) is 0 Å². The standard InChI is InChI=1S/C7H20Cl2N2Si3/c1-13(2,9)11-14(3,4)10-12-7-5-6-8/h5,7,10-11H,6,12H2,1-4H3. The maximum Gasteiger partial charge on any atom is 0.215 e. The Labute approximate surface area is 101 Å². The SMILES string of the molecule is C[Si](C)(Cl)N[Si](C)(C)N[SiH2]C=CCCl. The molecule has 0 radical (unpaired) electrons. The van der Waals surface area contributed by atoms with E-state index in [2.05, 4.69) is 41.2 Å². The number of hydrogen-bond acceptors (Lipinski definition) is 2. The summed E-state index contributed by atoms with van der Waals surface area (Å²) in [5.74, 6) is 0.611. The Bertz CT molecular complexity index is 192. The van der Waals surface area contributed by atoms with E-state index in [1.807, 2.05) is 6.08 Å². The first-order chi connectivity index (χ1) is 6.27. The Kier molecular flexibility index (Phi) is 6.88. The van der Waals surface area contributed by atoms with Crippen molar-refractivity contribution < 1.29 is 0 Å². The smallest absolute Gasteiger partial charge is 0.215 e. The zero-order valence-corrected chi connectivity index (χ0v) is 14.3. The van der Waals surface area contributed by atoms with Crippen LogP contribution >= 0.6 is 22.7 Å². The minimum Gasteiger partial charge on any atom is -0.350 e. The summed E-state index contributed by atoms with van der Waals surface area (Å²) in [5, 5.41) is 0. The van der Waals surface area contributed by atoms with Gasteiger partial charge in [-0.2, -0.15) is 0 Å². The first-order valence-electron chi connectivity index (χ1n) is 4.71. The summed E-state index contributed by atoms with van der Waals surface area (Å²) in [5.41, 5.74) is 2.19. The molecule has 0 aliphatic heterocycles. The third-order valence-corrected chi connectivity index (χ3v) is 12.4. The maximum atomic E-state index is 6.26. The summed E-state index contributed by atoms with van der Waals surface area (Å²) in [7, 11) is -3.48. The molecule has 2 N–H and O–H groups in total. The van der Waals surface area contributed by atoms with E-state index in [4.69, 9.17) is 22.7 Å². The molecule has 0 aliphatic rings. The third-order valence-electron chi connectivity index (χ3n) is 1.53. The molecule has 0 spiro atoms. The molecule has 84 valence electrons. The average Bonchev–Trinajstić information content (AvgIpc) is 1.93. The van der Waals surface area contributed by atoms with Gasteiger partial charge in [0.25, 0.3) is 0 Å². The van der Waals surface area contributed by atoms with Gasteiger partial charge in [0.1, 0.15) is 9.68 Å². The molecule has 0 aliphatic carbocycles. The molecule has 0 aromatic rings. The van der Waals surface area contributed by atoms with Gasteiger partial charge >= 0.3 is 0 Å². The number of alkyl halides is 1. The number of rotatable bonds is 6. The molecule has 0 amide bonds. The van der Waals surface area contributed by atoms with Crippen molar-refractivity contribution in [2.45, 2.75) is 26.2 Å². The van der Waals surface area contributed by atoms with E-state index < -0.39 is 15.9 Å². The minimum atomic E-state index is -1.67. The quantitative estimate of drug-likeness (QED) is 0.441. The van der Waals surface area contributed by atoms with Crippen molar-refractivity contribution in [3.05, 3.63) is 11.8 Å². The maximum absolute atomic E-state index is 6.26. The second-order valence-corrected chi connectivity index (χ2v) is 16.9. The molecule has 0 aromatic carbocycles. The van der Waals surface area contributed by atoms with Crippen LogP contribution in [-0.4, -0.2) is 31.5 Å². The van der Waals surface area contributed by atoms with Crippen molar-refractivity contribution in [1.82, 2.24) is 9.30 Å². The van der Waals surface area contributed by atoms with Crippen molar-refractivity contribution in [2.24, 2.45) is 0 Å². The predicted molar refractivity (Wildman–Crippen MR) is 75.5 cm³/mol. The highest BCUT2D eigenvalue weighted by Crippen LogP contribution is 2.06. The largest absolute Gasteiger partial charge is 0.350 e. The van der Waals surface area contributed by atoms with Gasteiger partial charge in [0.15, 0.2) is 8.40 Å². The summed E-state index contributed by atoms with van der Waals surface area (Å²) in [6.07, 6.45) is 2.01. The topological polar surface area (TPSA) is 24.1 Å². The van der Waals surface area contributed by atoms with Crippen molar-refractivity contribution in [2.75, 3.05) is 5.88 Å². The number of allylic oxidation sites excluding steroid dienone is 1. The van der Waals surface area contributed by atoms with Crippen LogP contribution in [0.25, 0.3) is 0 Å². The molecule has 0 unspecified atom stereocenters. The van der Waals surface area contributed by atoms with E-state index in [9.17, 15) is 0 Å². The summed E-state index contributed by atoms with van der Waals surface area (Å²) in [6.45, 7) is 8.74. The van der Waals surface area contributed by atoms with Gasteiger partial charge in [-0.15, -0.1) is 22.7 Å². The van der Waals surface area contributed by atoms with Crippen molar-refractivity contribution in [3.8, 4) is 0 Å². The highest BCUT2D eigenvalue weighted by Gasteiger charge is 2.28. The van der Waals surface area contributed by atoms with Crippen LogP contribution in [0, 0.1) is 0 Å². The fourth-order valence-corrected chi connectivity index (χ4v) is 13.7. The molecule has 0 heterocycles. The van der Waals surface area contributed by atoms with Crippen LogP contribution in [-0.2, 0) is 0 Å². The molecule has 0 saturated carbocycles. The monoisotopic (exact) mass is 286 g/mol. The van der Waals surface area contributed by atoms with Crippen LogP contribution in [0.4, 0.5) is 0 Å². The zero-order chi connectivity index (χ0) is 11.2. The minimum absolute atomic E-state index is 0.325. The van der Waals surface area contributed by atoms with E-state index in [0.29, 0.717) is 5.88 Å². The lowest BCUT2D eigenvalue weighted by molar-refractivity contribution is 1.24. The lowest BCUT2D eigenvalue weighted by Gasteiger charge is -2.30. The molecule has 0 rings (SSSR count). The van der Waals surface area contributed by atoms with Crippen LogP contribution in [0.2, 0.25) is 26.2 Å². The highest BCUT2D eigenvalue weighted by atomic mass is 35.6. The fourth-order valence-electron chi connectivity index (χ4n) is 1.25. The number of halogens is 2. The van der Waals surface area contributed by atoms with Crippen LogP contribution in [0.15, 0.2) is 11.8 Å². The van der Waals surface area contributed by atoms with E-state index in [1.165, 1.54) is 0 Å². The van der Waals surface area contributed by atoms with Gasteiger partial charge < -0.3 is 9.30 Å². The third kappa shape index (κ3) is 9.45. The van der Waals surface area contributed by atoms with E-state index in [0.717, 1.165) is 0 Å². The Morgan fingerprint density at radius 1 is 1.29 bits per heavy atom. The summed E-state index contributed by atoms with van der Waals surface area (Å²) < 4.78 is 7.19. The Morgan fingerprint density at radius 2 is 1.86 bits per heavy atom. The molecule has 2 nitrogen and oxygen atoms in total. The second kappa shape index (κ2) is 6.47. The molecule has 0 saturated heterocycles. The number of hydrogen-bond donors (Lipinski definition) is 2. The highest BCUT2D eigenvalue weighted by molar-refractivity contribution is 7.21. The van der Waals surface area contributed by atoms with Crippen molar-refractivity contribution >= 4 is 48.3 Å². The van der Waals surface area contributed by atoms with Gasteiger partial charge in [-0.3, -0.25) is 0 Å². The number of nitrogens with one attached hydrogen (secondary N) is 2. The molecule has 7 heteroatoms. The molecular formula is C7H20Cl2N2Si3. The van der Waals surface area contributed by atoms with Gasteiger partial charge in [-0.1, -0.05) is 11.8 Å². The Hall–Kier alpha value is 0.891. The van der Waals surface area contributed by atoms with Crippen molar-refractivity contribution in [3.63, 3.8) is 0 Å². The van der Waals surface area contributed by atoms with Crippen LogP contribution in [0.3, 0.4) is 0 Å². The van der Waals surface area contributed by atoms with Gasteiger partial charge in [0.05, 0.1) is 0 Å². The second-order valence-electron chi connectivity index (χ2n) is 4.23. The molecule has 14 heavy (non-hydrogen) atoms. The summed E-state index contributed by atoms with van der Waals surface area (Å²) in [6, 6.07) is 0. The van der Waals surface area contributed by atoms with E-state index >= 15 is 0 Å². The van der Waals surface area contributed by atoms with Crippen molar-refractivity contribution in [1.29, 1.82) is 0 Å². The molecule has 0 atom stereocenters. The fraction of sp³-hybridized carbons (Fsp3) is 0.714. The Morgan fingerprint density at radius 3 is 2.29 bits per heavy atom. The van der Waals surface area contributed by atoms with Gasteiger partial charge in [-0.05, 0) is 26.2 Å². The Balaban J connectivity index is 3.89. The molecule has 0 bridgehead atoms. The molecule has 0 aromatic heterocycles. The lowest BCUT2D eigenvalue weighted by atomic mass is 10.8. The average molecular weight is 287 g/mol. The first kappa shape index (κ1) is 14.9. The normalized spacial score (nSPS) is 14.7. The predicted octanol–water partition coefficient (Wildman–Crippen LogP) is 1.64. The summed E-state index contributed by atoms with van der Waals surface area (Å²) in [4.78, 5) is 0. The first-order valence-corrected chi connectivity index (χ1v) is 13.8. The van der Waals surface area contributed by atoms with Gasteiger partial charge in [-0.25, -0.2) is 0 Å². The molecular weight excluding hydrogens is 267 g/mol. The summed E-state index contributed by atoms with van der Waals surface area (Å²) >= 11 is 11.8. The van der Waals surface area contributed by atoms with E-state index in [1.54, 1.807) is 0 Å². The zero-order valence-electron chi connectivity index (χ0n) is 9.32.